The van der Waals surface area contributed by atoms with E-state index in [1.165, 1.54) is 12.1 Å². The van der Waals surface area contributed by atoms with Gasteiger partial charge in [-0.2, -0.15) is 0 Å². The van der Waals surface area contributed by atoms with Crippen LogP contribution in [0.5, 0.6) is 0 Å². The molecular formula is C16H16F2. The first-order valence-electron chi connectivity index (χ1n) is 6.01. The van der Waals surface area contributed by atoms with Gasteiger partial charge in [0.1, 0.15) is 11.6 Å². The molecule has 0 aliphatic heterocycles. The molecule has 2 rings (SSSR count). The van der Waals surface area contributed by atoms with E-state index in [0.29, 0.717) is 11.1 Å². The zero-order chi connectivity index (χ0) is 13.3. The minimum Gasteiger partial charge on any atom is -0.207 e. The second-order valence-corrected chi connectivity index (χ2v) is 4.74. The highest BCUT2D eigenvalue weighted by atomic mass is 19.1. The van der Waals surface area contributed by atoms with E-state index in [-0.39, 0.29) is 17.6 Å². The summed E-state index contributed by atoms with van der Waals surface area (Å²) in [5.41, 5.74) is 2.98. The molecule has 2 aromatic rings. The summed E-state index contributed by atoms with van der Waals surface area (Å²) in [4.78, 5) is 0. The van der Waals surface area contributed by atoms with E-state index in [4.69, 9.17) is 0 Å². The van der Waals surface area contributed by atoms with Crippen LogP contribution in [0.1, 0.15) is 35.1 Å². The standard InChI is InChI=1S/C16H16F2/c1-10-4-6-13(8-15(10)17)12(3)14-7-5-11(2)16(18)9-14/h4-9,12H,1-3H3. The molecule has 0 bridgehead atoms. The highest BCUT2D eigenvalue weighted by Crippen LogP contribution is 2.26. The van der Waals surface area contributed by atoms with Crippen LogP contribution in [0, 0.1) is 25.5 Å². The Bertz CT molecular complexity index is 522. The molecule has 0 amide bonds. The first-order chi connectivity index (χ1) is 8.49. The van der Waals surface area contributed by atoms with Gasteiger partial charge in [-0.25, -0.2) is 8.78 Å². The van der Waals surface area contributed by atoms with Crippen LogP contribution in [-0.2, 0) is 0 Å². The van der Waals surface area contributed by atoms with E-state index in [1.807, 2.05) is 19.1 Å². The van der Waals surface area contributed by atoms with Gasteiger partial charge in [0, 0.05) is 5.92 Å². The first kappa shape index (κ1) is 12.7. The average molecular weight is 246 g/mol. The number of hydrogen-bond donors (Lipinski definition) is 0. The lowest BCUT2D eigenvalue weighted by atomic mass is 9.92. The van der Waals surface area contributed by atoms with E-state index in [9.17, 15) is 8.78 Å². The van der Waals surface area contributed by atoms with Gasteiger partial charge in [-0.05, 0) is 48.2 Å². The van der Waals surface area contributed by atoms with Crippen molar-refractivity contribution in [1.82, 2.24) is 0 Å². The summed E-state index contributed by atoms with van der Waals surface area (Å²) in [5.74, 6) is -0.450. The molecule has 0 aromatic heterocycles. The molecule has 2 aromatic carbocycles. The topological polar surface area (TPSA) is 0 Å². The van der Waals surface area contributed by atoms with Gasteiger partial charge in [-0.15, -0.1) is 0 Å². The summed E-state index contributed by atoms with van der Waals surface area (Å²) in [6, 6.07) is 10.3. The van der Waals surface area contributed by atoms with Crippen LogP contribution < -0.4 is 0 Å². The Hall–Kier alpha value is -1.70. The van der Waals surface area contributed by atoms with Crippen molar-refractivity contribution >= 4 is 0 Å². The lowest BCUT2D eigenvalue weighted by Gasteiger charge is -2.14. The lowest BCUT2D eigenvalue weighted by Crippen LogP contribution is -1.99. The van der Waals surface area contributed by atoms with Gasteiger partial charge in [0.05, 0.1) is 0 Å². The first-order valence-corrected chi connectivity index (χ1v) is 6.01. The lowest BCUT2D eigenvalue weighted by molar-refractivity contribution is 0.611. The molecule has 18 heavy (non-hydrogen) atoms. The van der Waals surface area contributed by atoms with Crippen molar-refractivity contribution in [2.75, 3.05) is 0 Å². The van der Waals surface area contributed by atoms with Crippen molar-refractivity contribution in [1.29, 1.82) is 0 Å². The van der Waals surface area contributed by atoms with Crippen LogP contribution in [0.25, 0.3) is 0 Å². The highest BCUT2D eigenvalue weighted by Gasteiger charge is 2.11. The van der Waals surface area contributed by atoms with Gasteiger partial charge in [-0.3, -0.25) is 0 Å². The number of benzene rings is 2. The molecule has 0 saturated carbocycles. The second-order valence-electron chi connectivity index (χ2n) is 4.74. The van der Waals surface area contributed by atoms with Crippen molar-refractivity contribution in [3.63, 3.8) is 0 Å². The minimum atomic E-state index is -0.216. The molecule has 0 nitrogen and oxygen atoms in total. The van der Waals surface area contributed by atoms with Crippen LogP contribution in [0.2, 0.25) is 0 Å². The molecule has 0 saturated heterocycles. The molecule has 0 aliphatic carbocycles. The molecule has 0 atom stereocenters. The summed E-state index contributed by atoms with van der Waals surface area (Å²) in [5, 5.41) is 0. The highest BCUT2D eigenvalue weighted by molar-refractivity contribution is 5.35. The third-order valence-corrected chi connectivity index (χ3v) is 3.39. The van der Waals surface area contributed by atoms with E-state index < -0.39 is 0 Å². The van der Waals surface area contributed by atoms with Gasteiger partial charge in [0.25, 0.3) is 0 Å². The molecule has 0 heterocycles. The molecule has 0 fully saturated rings. The number of aryl methyl sites for hydroxylation is 2. The van der Waals surface area contributed by atoms with Gasteiger partial charge < -0.3 is 0 Å². The van der Waals surface area contributed by atoms with Crippen molar-refractivity contribution in [3.05, 3.63) is 70.3 Å². The Morgan fingerprint density at radius 3 is 1.50 bits per heavy atom. The Morgan fingerprint density at radius 2 is 1.17 bits per heavy atom. The Balaban J connectivity index is 2.37. The van der Waals surface area contributed by atoms with Crippen LogP contribution in [0.15, 0.2) is 36.4 Å². The third kappa shape index (κ3) is 2.42. The largest absolute Gasteiger partial charge is 0.207 e. The van der Waals surface area contributed by atoms with Crippen molar-refractivity contribution in [2.24, 2.45) is 0 Å². The quantitative estimate of drug-likeness (QED) is 0.718. The van der Waals surface area contributed by atoms with Gasteiger partial charge >= 0.3 is 0 Å². The summed E-state index contributed by atoms with van der Waals surface area (Å²) >= 11 is 0. The van der Waals surface area contributed by atoms with Crippen molar-refractivity contribution in [2.45, 2.75) is 26.7 Å². The summed E-state index contributed by atoms with van der Waals surface area (Å²) in [6.45, 7) is 5.42. The fourth-order valence-corrected chi connectivity index (χ4v) is 1.95. The predicted octanol–water partition coefficient (Wildman–Crippen LogP) is 4.73. The van der Waals surface area contributed by atoms with Gasteiger partial charge in [0.2, 0.25) is 0 Å². The van der Waals surface area contributed by atoms with E-state index in [2.05, 4.69) is 0 Å². The van der Waals surface area contributed by atoms with Crippen LogP contribution in [0.3, 0.4) is 0 Å². The molecule has 0 spiro atoms. The zero-order valence-electron chi connectivity index (χ0n) is 10.8. The maximum absolute atomic E-state index is 13.5. The summed E-state index contributed by atoms with van der Waals surface area (Å²) in [6.07, 6.45) is 0. The normalized spacial score (nSPS) is 11.0. The number of halogens is 2. The Labute approximate surface area is 106 Å². The number of rotatable bonds is 2. The fourth-order valence-electron chi connectivity index (χ4n) is 1.95. The van der Waals surface area contributed by atoms with Crippen LogP contribution in [0.4, 0.5) is 8.78 Å². The minimum absolute atomic E-state index is 0.0183. The fraction of sp³-hybridized carbons (Fsp3) is 0.250. The molecular weight excluding hydrogens is 230 g/mol. The van der Waals surface area contributed by atoms with Crippen molar-refractivity contribution in [3.8, 4) is 0 Å². The molecule has 2 heteroatoms. The smallest absolute Gasteiger partial charge is 0.126 e. The predicted molar refractivity (Wildman–Crippen MR) is 69.8 cm³/mol. The summed E-state index contributed by atoms with van der Waals surface area (Å²) < 4.78 is 27.0. The molecule has 0 radical (unpaired) electrons. The summed E-state index contributed by atoms with van der Waals surface area (Å²) in [7, 11) is 0. The van der Waals surface area contributed by atoms with Crippen molar-refractivity contribution < 1.29 is 8.78 Å². The van der Waals surface area contributed by atoms with E-state index >= 15 is 0 Å². The average Bonchev–Trinajstić information content (AvgIpc) is 2.35. The van der Waals surface area contributed by atoms with E-state index in [1.54, 1.807) is 26.0 Å². The Kier molecular flexibility index (Phi) is 3.46. The Morgan fingerprint density at radius 1 is 0.778 bits per heavy atom. The molecule has 0 N–H and O–H groups in total. The van der Waals surface area contributed by atoms with Crippen LogP contribution >= 0.6 is 0 Å². The van der Waals surface area contributed by atoms with Crippen LogP contribution in [-0.4, -0.2) is 0 Å². The SMILES string of the molecule is Cc1ccc(C(C)c2ccc(C)c(F)c2)cc1F. The van der Waals surface area contributed by atoms with Gasteiger partial charge in [-0.1, -0.05) is 31.2 Å². The molecule has 0 unspecified atom stereocenters. The maximum atomic E-state index is 13.5. The monoisotopic (exact) mass is 246 g/mol. The zero-order valence-corrected chi connectivity index (χ0v) is 10.8. The molecule has 0 aliphatic rings. The maximum Gasteiger partial charge on any atom is 0.126 e. The van der Waals surface area contributed by atoms with E-state index in [0.717, 1.165) is 11.1 Å². The third-order valence-electron chi connectivity index (χ3n) is 3.39. The van der Waals surface area contributed by atoms with Gasteiger partial charge in [0.15, 0.2) is 0 Å². The second kappa shape index (κ2) is 4.89. The number of hydrogen-bond acceptors (Lipinski definition) is 0. The molecule has 94 valence electrons.